The highest BCUT2D eigenvalue weighted by Crippen LogP contribution is 2.22. The monoisotopic (exact) mass is 415 g/mol. The van der Waals surface area contributed by atoms with Crippen molar-refractivity contribution in [1.29, 1.82) is 0 Å². The third-order valence-corrected chi connectivity index (χ3v) is 4.07. The highest BCUT2D eigenvalue weighted by Gasteiger charge is 2.15. The molecule has 5 heteroatoms. The lowest BCUT2D eigenvalue weighted by molar-refractivity contribution is -0.122. The largest absolute Gasteiger partial charge is 0.481 e. The molecule has 0 aliphatic heterocycles. The van der Waals surface area contributed by atoms with Crippen LogP contribution in [0.4, 0.5) is 5.69 Å². The van der Waals surface area contributed by atoms with E-state index < -0.39 is 6.10 Å². The fourth-order valence-corrected chi connectivity index (χ4v) is 2.20. The summed E-state index contributed by atoms with van der Waals surface area (Å²) in [7, 11) is 0. The van der Waals surface area contributed by atoms with Gasteiger partial charge in [0, 0.05) is 14.3 Å². The van der Waals surface area contributed by atoms with Crippen molar-refractivity contribution in [2.75, 3.05) is 5.32 Å². The van der Waals surface area contributed by atoms with Crippen LogP contribution in [0.25, 0.3) is 0 Å². The van der Waals surface area contributed by atoms with Gasteiger partial charge in [-0.15, -0.1) is 0 Å². The van der Waals surface area contributed by atoms with Gasteiger partial charge in [-0.25, -0.2) is 0 Å². The molecule has 3 nitrogen and oxygen atoms in total. The smallest absolute Gasteiger partial charge is 0.265 e. The fourth-order valence-electron chi connectivity index (χ4n) is 1.73. The molecular formula is C16H15ClINO2. The molecule has 0 unspecified atom stereocenters. The number of amides is 1. The van der Waals surface area contributed by atoms with E-state index in [-0.39, 0.29) is 5.91 Å². The normalized spacial score (nSPS) is 11.8. The number of rotatable bonds is 4. The van der Waals surface area contributed by atoms with Crippen molar-refractivity contribution in [2.24, 2.45) is 0 Å². The predicted molar refractivity (Wildman–Crippen MR) is 94.1 cm³/mol. The Balaban J connectivity index is 1.98. The number of halogens is 2. The summed E-state index contributed by atoms with van der Waals surface area (Å²) >= 11 is 8.18. The molecule has 0 saturated carbocycles. The van der Waals surface area contributed by atoms with Gasteiger partial charge in [-0.1, -0.05) is 11.6 Å². The van der Waals surface area contributed by atoms with Crippen LogP contribution in [0.3, 0.4) is 0 Å². The fraction of sp³-hybridized carbons (Fsp3) is 0.188. The van der Waals surface area contributed by atoms with Gasteiger partial charge in [-0.3, -0.25) is 4.79 Å². The average Bonchev–Trinajstić information content (AvgIpc) is 2.45. The molecule has 0 bridgehead atoms. The van der Waals surface area contributed by atoms with Crippen molar-refractivity contribution in [3.63, 3.8) is 0 Å². The van der Waals surface area contributed by atoms with Crippen LogP contribution in [-0.2, 0) is 4.79 Å². The Kier molecular flexibility index (Phi) is 5.47. The number of carbonyl (C=O) groups is 1. The van der Waals surface area contributed by atoms with Crippen molar-refractivity contribution >= 4 is 45.8 Å². The summed E-state index contributed by atoms with van der Waals surface area (Å²) in [5.74, 6) is 0.436. The van der Waals surface area contributed by atoms with Crippen molar-refractivity contribution < 1.29 is 9.53 Å². The van der Waals surface area contributed by atoms with Gasteiger partial charge in [0.1, 0.15) is 5.75 Å². The van der Waals surface area contributed by atoms with Gasteiger partial charge in [0.25, 0.3) is 5.91 Å². The molecule has 0 radical (unpaired) electrons. The molecule has 1 N–H and O–H groups in total. The van der Waals surface area contributed by atoms with Crippen molar-refractivity contribution in [2.45, 2.75) is 20.0 Å². The van der Waals surface area contributed by atoms with E-state index in [4.69, 9.17) is 16.3 Å². The number of ether oxygens (including phenoxy) is 1. The van der Waals surface area contributed by atoms with Gasteiger partial charge in [-0.2, -0.15) is 0 Å². The molecule has 0 saturated heterocycles. The Labute approximate surface area is 142 Å². The van der Waals surface area contributed by atoms with Gasteiger partial charge in [0.2, 0.25) is 0 Å². The van der Waals surface area contributed by atoms with Crippen molar-refractivity contribution in [3.05, 3.63) is 56.6 Å². The molecule has 0 spiro atoms. The summed E-state index contributed by atoms with van der Waals surface area (Å²) in [5, 5.41) is 3.50. The lowest BCUT2D eigenvalue weighted by Gasteiger charge is -2.15. The number of benzene rings is 2. The first-order valence-electron chi connectivity index (χ1n) is 6.45. The second-order valence-electron chi connectivity index (χ2n) is 4.67. The Morgan fingerprint density at radius 1 is 1.24 bits per heavy atom. The van der Waals surface area contributed by atoms with Gasteiger partial charge < -0.3 is 10.1 Å². The van der Waals surface area contributed by atoms with E-state index in [2.05, 4.69) is 27.9 Å². The van der Waals surface area contributed by atoms with Gasteiger partial charge in [0.15, 0.2) is 6.10 Å². The zero-order valence-electron chi connectivity index (χ0n) is 11.7. The molecule has 2 aromatic carbocycles. The van der Waals surface area contributed by atoms with Crippen LogP contribution in [-0.4, -0.2) is 12.0 Å². The summed E-state index contributed by atoms with van der Waals surface area (Å²) in [6.45, 7) is 3.61. The minimum atomic E-state index is -0.593. The summed E-state index contributed by atoms with van der Waals surface area (Å²) in [6, 6.07) is 12.9. The first-order valence-corrected chi connectivity index (χ1v) is 7.90. The number of hydrogen-bond acceptors (Lipinski definition) is 2. The van der Waals surface area contributed by atoms with E-state index in [0.29, 0.717) is 10.8 Å². The Hall–Kier alpha value is -1.27. The first kappa shape index (κ1) is 16.1. The number of nitrogens with one attached hydrogen (secondary N) is 1. The van der Waals surface area contributed by atoms with E-state index >= 15 is 0 Å². The SMILES string of the molecule is Cc1cc(O[C@@H](C)C(=O)Nc2ccc(I)cc2)ccc1Cl. The predicted octanol–water partition coefficient (Wildman–Crippen LogP) is 4.66. The third kappa shape index (κ3) is 4.61. The number of carbonyl (C=O) groups excluding carboxylic acids is 1. The van der Waals surface area contributed by atoms with E-state index in [1.807, 2.05) is 37.3 Å². The molecule has 2 rings (SSSR count). The summed E-state index contributed by atoms with van der Waals surface area (Å²) in [4.78, 5) is 12.1. The Bertz CT molecular complexity index is 643. The maximum absolute atomic E-state index is 12.1. The summed E-state index contributed by atoms with van der Waals surface area (Å²) < 4.78 is 6.75. The van der Waals surface area contributed by atoms with Crippen LogP contribution in [0.5, 0.6) is 5.75 Å². The minimum Gasteiger partial charge on any atom is -0.481 e. The second-order valence-corrected chi connectivity index (χ2v) is 6.32. The zero-order chi connectivity index (χ0) is 15.4. The minimum absolute atomic E-state index is 0.191. The lowest BCUT2D eigenvalue weighted by atomic mass is 10.2. The number of anilines is 1. The molecule has 0 fully saturated rings. The Morgan fingerprint density at radius 3 is 2.52 bits per heavy atom. The van der Waals surface area contributed by atoms with Gasteiger partial charge >= 0.3 is 0 Å². The molecule has 0 aromatic heterocycles. The van der Waals surface area contributed by atoms with E-state index in [9.17, 15) is 4.79 Å². The Morgan fingerprint density at radius 2 is 1.90 bits per heavy atom. The van der Waals surface area contributed by atoms with Crippen LogP contribution >= 0.6 is 34.2 Å². The molecule has 0 aliphatic carbocycles. The van der Waals surface area contributed by atoms with Crippen molar-refractivity contribution in [1.82, 2.24) is 0 Å². The van der Waals surface area contributed by atoms with Gasteiger partial charge in [0.05, 0.1) is 0 Å². The molecule has 21 heavy (non-hydrogen) atoms. The highest BCUT2D eigenvalue weighted by atomic mass is 127. The topological polar surface area (TPSA) is 38.3 Å². The number of hydrogen-bond donors (Lipinski definition) is 1. The molecule has 0 heterocycles. The summed E-state index contributed by atoms with van der Waals surface area (Å²) in [6.07, 6.45) is -0.593. The molecule has 110 valence electrons. The van der Waals surface area contributed by atoms with Crippen LogP contribution in [0.2, 0.25) is 5.02 Å². The van der Waals surface area contributed by atoms with Crippen LogP contribution < -0.4 is 10.1 Å². The molecular weight excluding hydrogens is 401 g/mol. The highest BCUT2D eigenvalue weighted by molar-refractivity contribution is 14.1. The standard InChI is InChI=1S/C16H15ClINO2/c1-10-9-14(7-8-15(10)17)21-11(2)16(20)19-13-5-3-12(18)4-6-13/h3-9,11H,1-2H3,(H,19,20)/t11-/m0/s1. The maximum Gasteiger partial charge on any atom is 0.265 e. The van der Waals surface area contributed by atoms with E-state index in [1.54, 1.807) is 19.1 Å². The average molecular weight is 416 g/mol. The zero-order valence-corrected chi connectivity index (χ0v) is 14.6. The number of aryl methyl sites for hydroxylation is 1. The van der Waals surface area contributed by atoms with Crippen molar-refractivity contribution in [3.8, 4) is 5.75 Å². The first-order chi connectivity index (χ1) is 9.95. The van der Waals surface area contributed by atoms with E-state index in [1.165, 1.54) is 0 Å². The van der Waals surface area contributed by atoms with Crippen LogP contribution in [0.15, 0.2) is 42.5 Å². The maximum atomic E-state index is 12.1. The molecule has 2 aromatic rings. The third-order valence-electron chi connectivity index (χ3n) is 2.92. The van der Waals surface area contributed by atoms with E-state index in [0.717, 1.165) is 14.8 Å². The molecule has 0 aliphatic rings. The molecule has 1 atom stereocenters. The lowest BCUT2D eigenvalue weighted by Crippen LogP contribution is -2.30. The molecule has 1 amide bonds. The van der Waals surface area contributed by atoms with Gasteiger partial charge in [-0.05, 0) is 84.5 Å². The van der Waals surface area contributed by atoms with Crippen LogP contribution in [0, 0.1) is 10.5 Å². The van der Waals surface area contributed by atoms with Crippen LogP contribution in [0.1, 0.15) is 12.5 Å². The quantitative estimate of drug-likeness (QED) is 0.738. The second kappa shape index (κ2) is 7.13. The summed E-state index contributed by atoms with van der Waals surface area (Å²) in [5.41, 5.74) is 1.67.